The van der Waals surface area contributed by atoms with Crippen molar-refractivity contribution in [2.45, 2.75) is 19.4 Å². The summed E-state index contributed by atoms with van der Waals surface area (Å²) in [7, 11) is 0. The molecule has 106 valence electrons. The molecule has 0 fully saturated rings. The number of fused-ring (bicyclic) bond motifs is 1. The van der Waals surface area contributed by atoms with E-state index in [2.05, 4.69) is 26.6 Å². The Hall–Kier alpha value is -2.08. The number of nitrogens with zero attached hydrogens (tertiary/aromatic N) is 2. The summed E-state index contributed by atoms with van der Waals surface area (Å²) in [5.74, 6) is 2.65. The standard InChI is InChI=1S/C14H18N4O2/c1-3-11(14-12(4-1)19-7-8-20-14)9-15-6-2-5-13-16-10-17-18-13/h1,3-4,10,15H,2,5-9H2,(H,16,17,18). The number of rotatable bonds is 6. The van der Waals surface area contributed by atoms with E-state index in [0.717, 1.165) is 48.8 Å². The quantitative estimate of drug-likeness (QED) is 0.777. The minimum Gasteiger partial charge on any atom is -0.486 e. The molecule has 0 unspecified atom stereocenters. The van der Waals surface area contributed by atoms with Gasteiger partial charge in [0.05, 0.1) is 0 Å². The van der Waals surface area contributed by atoms with Gasteiger partial charge in [-0.1, -0.05) is 12.1 Å². The Balaban J connectivity index is 1.46. The van der Waals surface area contributed by atoms with Gasteiger partial charge in [0, 0.05) is 18.5 Å². The molecule has 0 radical (unpaired) electrons. The second-order valence-corrected chi connectivity index (χ2v) is 4.65. The Labute approximate surface area is 117 Å². The molecule has 0 bridgehead atoms. The number of nitrogens with one attached hydrogen (secondary N) is 2. The van der Waals surface area contributed by atoms with E-state index < -0.39 is 0 Å². The highest BCUT2D eigenvalue weighted by Crippen LogP contribution is 2.33. The van der Waals surface area contributed by atoms with Crippen LogP contribution in [0.4, 0.5) is 0 Å². The van der Waals surface area contributed by atoms with Gasteiger partial charge in [0.25, 0.3) is 0 Å². The molecule has 0 amide bonds. The minimum absolute atomic E-state index is 0.621. The minimum atomic E-state index is 0.621. The van der Waals surface area contributed by atoms with Crippen LogP contribution in [0.2, 0.25) is 0 Å². The molecule has 1 aliphatic rings. The maximum absolute atomic E-state index is 5.68. The second-order valence-electron chi connectivity index (χ2n) is 4.65. The Morgan fingerprint density at radius 1 is 1.25 bits per heavy atom. The molecule has 1 aliphatic heterocycles. The Kier molecular flexibility index (Phi) is 4.13. The zero-order valence-corrected chi connectivity index (χ0v) is 11.3. The van der Waals surface area contributed by atoms with Crippen LogP contribution in [0.1, 0.15) is 17.8 Å². The number of aromatic nitrogens is 3. The lowest BCUT2D eigenvalue weighted by Crippen LogP contribution is -2.20. The van der Waals surface area contributed by atoms with Crippen LogP contribution < -0.4 is 14.8 Å². The van der Waals surface area contributed by atoms with E-state index in [9.17, 15) is 0 Å². The van der Waals surface area contributed by atoms with Crippen LogP contribution in [0.15, 0.2) is 24.5 Å². The molecule has 0 saturated carbocycles. The summed E-state index contributed by atoms with van der Waals surface area (Å²) in [6, 6.07) is 6.01. The molecule has 3 rings (SSSR count). The zero-order chi connectivity index (χ0) is 13.6. The summed E-state index contributed by atoms with van der Waals surface area (Å²) in [5.41, 5.74) is 1.14. The molecule has 6 nitrogen and oxygen atoms in total. The fraction of sp³-hybridized carbons (Fsp3) is 0.429. The van der Waals surface area contributed by atoms with Crippen LogP contribution in [0.25, 0.3) is 0 Å². The van der Waals surface area contributed by atoms with Gasteiger partial charge in [0.1, 0.15) is 25.4 Å². The summed E-state index contributed by atoms with van der Waals surface area (Å²) in [6.07, 6.45) is 3.46. The number of ether oxygens (including phenoxy) is 2. The van der Waals surface area contributed by atoms with E-state index in [4.69, 9.17) is 9.47 Å². The van der Waals surface area contributed by atoms with Crippen molar-refractivity contribution in [1.82, 2.24) is 20.5 Å². The van der Waals surface area contributed by atoms with Gasteiger partial charge in [-0.25, -0.2) is 4.98 Å². The second kappa shape index (κ2) is 6.38. The van der Waals surface area contributed by atoms with Crippen LogP contribution in [0.5, 0.6) is 11.5 Å². The first kappa shape index (κ1) is 12.9. The first-order valence-electron chi connectivity index (χ1n) is 6.86. The van der Waals surface area contributed by atoms with Crippen molar-refractivity contribution in [1.29, 1.82) is 0 Å². The van der Waals surface area contributed by atoms with Gasteiger partial charge in [0.2, 0.25) is 0 Å². The van der Waals surface area contributed by atoms with Crippen molar-refractivity contribution < 1.29 is 9.47 Å². The third-order valence-corrected chi connectivity index (χ3v) is 3.20. The number of para-hydroxylation sites is 1. The van der Waals surface area contributed by atoms with Gasteiger partial charge >= 0.3 is 0 Å². The maximum atomic E-state index is 5.68. The van der Waals surface area contributed by atoms with E-state index >= 15 is 0 Å². The number of aryl methyl sites for hydroxylation is 1. The molecular weight excluding hydrogens is 256 g/mol. The lowest BCUT2D eigenvalue weighted by molar-refractivity contribution is 0.169. The first-order chi connectivity index (χ1) is 9.93. The lowest BCUT2D eigenvalue weighted by atomic mass is 10.1. The molecule has 0 atom stereocenters. The van der Waals surface area contributed by atoms with E-state index in [0.29, 0.717) is 13.2 Å². The molecule has 2 heterocycles. The Morgan fingerprint density at radius 2 is 2.20 bits per heavy atom. The highest BCUT2D eigenvalue weighted by molar-refractivity contribution is 5.47. The van der Waals surface area contributed by atoms with Crippen LogP contribution >= 0.6 is 0 Å². The summed E-state index contributed by atoms with van der Waals surface area (Å²) in [5, 5.41) is 10.1. The van der Waals surface area contributed by atoms with Crippen LogP contribution in [0.3, 0.4) is 0 Å². The largest absolute Gasteiger partial charge is 0.486 e. The van der Waals surface area contributed by atoms with E-state index in [1.54, 1.807) is 0 Å². The Bertz CT molecular complexity index is 542. The Morgan fingerprint density at radius 3 is 3.10 bits per heavy atom. The third kappa shape index (κ3) is 3.08. The number of hydrogen-bond acceptors (Lipinski definition) is 5. The maximum Gasteiger partial charge on any atom is 0.165 e. The number of hydrogen-bond donors (Lipinski definition) is 2. The summed E-state index contributed by atoms with van der Waals surface area (Å²) in [4.78, 5) is 4.10. The van der Waals surface area contributed by atoms with Crippen molar-refractivity contribution >= 4 is 0 Å². The molecule has 2 aromatic rings. The molecule has 6 heteroatoms. The zero-order valence-electron chi connectivity index (χ0n) is 11.3. The van der Waals surface area contributed by atoms with Gasteiger partial charge in [-0.2, -0.15) is 5.10 Å². The van der Waals surface area contributed by atoms with Crippen LogP contribution in [-0.4, -0.2) is 34.9 Å². The van der Waals surface area contributed by atoms with Gasteiger partial charge in [0.15, 0.2) is 11.5 Å². The summed E-state index contributed by atoms with van der Waals surface area (Å²) >= 11 is 0. The number of benzene rings is 1. The number of aromatic amines is 1. The fourth-order valence-electron chi connectivity index (χ4n) is 2.23. The van der Waals surface area contributed by atoms with Crippen molar-refractivity contribution in [3.8, 4) is 11.5 Å². The monoisotopic (exact) mass is 274 g/mol. The van der Waals surface area contributed by atoms with E-state index in [1.807, 2.05) is 12.1 Å². The van der Waals surface area contributed by atoms with Gasteiger partial charge < -0.3 is 14.8 Å². The highest BCUT2D eigenvalue weighted by atomic mass is 16.6. The normalized spacial score (nSPS) is 13.4. The smallest absolute Gasteiger partial charge is 0.165 e. The molecule has 2 N–H and O–H groups in total. The van der Waals surface area contributed by atoms with Crippen molar-refractivity contribution in [3.05, 3.63) is 35.9 Å². The summed E-state index contributed by atoms with van der Waals surface area (Å²) < 4.78 is 11.3. The average molecular weight is 274 g/mol. The third-order valence-electron chi connectivity index (χ3n) is 3.20. The topological polar surface area (TPSA) is 72.1 Å². The van der Waals surface area contributed by atoms with Crippen molar-refractivity contribution in [2.75, 3.05) is 19.8 Å². The predicted octanol–water partition coefficient (Wildman–Crippen LogP) is 1.30. The molecule has 0 saturated heterocycles. The van der Waals surface area contributed by atoms with Gasteiger partial charge in [-0.3, -0.25) is 5.10 Å². The first-order valence-corrected chi connectivity index (χ1v) is 6.86. The lowest BCUT2D eigenvalue weighted by Gasteiger charge is -2.21. The molecule has 0 spiro atoms. The highest BCUT2D eigenvalue weighted by Gasteiger charge is 2.14. The van der Waals surface area contributed by atoms with Crippen LogP contribution in [-0.2, 0) is 13.0 Å². The van der Waals surface area contributed by atoms with Gasteiger partial charge in [-0.15, -0.1) is 0 Å². The van der Waals surface area contributed by atoms with Gasteiger partial charge in [-0.05, 0) is 19.0 Å². The molecule has 20 heavy (non-hydrogen) atoms. The summed E-state index contributed by atoms with van der Waals surface area (Å²) in [6.45, 7) is 2.95. The molecule has 1 aromatic carbocycles. The fourth-order valence-corrected chi connectivity index (χ4v) is 2.23. The van der Waals surface area contributed by atoms with Crippen molar-refractivity contribution in [2.24, 2.45) is 0 Å². The van der Waals surface area contributed by atoms with Crippen molar-refractivity contribution in [3.63, 3.8) is 0 Å². The average Bonchev–Trinajstić information content (AvgIpc) is 3.00. The van der Waals surface area contributed by atoms with Crippen LogP contribution in [0, 0.1) is 0 Å². The SMILES string of the molecule is c1cc(CNCCCc2ncn[nH]2)c2c(c1)OCCO2. The van der Waals surface area contributed by atoms with E-state index in [-0.39, 0.29) is 0 Å². The predicted molar refractivity (Wildman–Crippen MR) is 73.8 cm³/mol. The van der Waals surface area contributed by atoms with E-state index in [1.165, 1.54) is 6.33 Å². The molecule has 0 aliphatic carbocycles. The molecular formula is C14H18N4O2. The number of H-pyrrole nitrogens is 1. The molecule has 1 aromatic heterocycles.